The summed E-state index contributed by atoms with van der Waals surface area (Å²) in [6.07, 6.45) is 0. The highest BCUT2D eigenvalue weighted by molar-refractivity contribution is 5.83. The third kappa shape index (κ3) is 3.45. The van der Waals surface area contributed by atoms with Crippen molar-refractivity contribution < 1.29 is 4.79 Å². The molecule has 1 aromatic heterocycles. The highest BCUT2D eigenvalue weighted by Crippen LogP contribution is 2.12. The first-order chi connectivity index (χ1) is 7.93. The van der Waals surface area contributed by atoms with Gasteiger partial charge in [-0.05, 0) is 6.92 Å². The second-order valence-corrected chi connectivity index (χ2v) is 3.74. The minimum atomic E-state index is -0.412. The van der Waals surface area contributed by atoms with Crippen LogP contribution in [0.4, 0.5) is 17.6 Å². The van der Waals surface area contributed by atoms with Gasteiger partial charge >= 0.3 is 0 Å². The highest BCUT2D eigenvalue weighted by Gasteiger charge is 2.15. The average molecular weight is 239 g/mol. The van der Waals surface area contributed by atoms with Gasteiger partial charge in [-0.25, -0.2) is 5.84 Å². The summed E-state index contributed by atoms with van der Waals surface area (Å²) in [4.78, 5) is 20.9. The molecule has 0 aliphatic heterocycles. The summed E-state index contributed by atoms with van der Waals surface area (Å²) in [5.41, 5.74) is 7.86. The Morgan fingerprint density at radius 3 is 2.53 bits per heavy atom. The van der Waals surface area contributed by atoms with E-state index in [1.165, 1.54) is 4.90 Å². The lowest BCUT2D eigenvalue weighted by Gasteiger charge is -2.18. The molecule has 1 atom stereocenters. The molecule has 1 heterocycles. The third-order valence-electron chi connectivity index (χ3n) is 2.07. The van der Waals surface area contributed by atoms with Crippen LogP contribution < -0.4 is 22.3 Å². The Bertz CT molecular complexity index is 406. The fourth-order valence-corrected chi connectivity index (χ4v) is 1.28. The molecular formula is C9H17N7O. The number of anilines is 3. The molecule has 6 N–H and O–H groups in total. The molecule has 0 spiro atoms. The molecule has 1 amide bonds. The average Bonchev–Trinajstić information content (AvgIpc) is 2.26. The summed E-state index contributed by atoms with van der Waals surface area (Å²) in [6, 6.07) is 1.15. The quantitative estimate of drug-likeness (QED) is 0.402. The van der Waals surface area contributed by atoms with E-state index >= 15 is 0 Å². The van der Waals surface area contributed by atoms with Gasteiger partial charge in [-0.15, -0.1) is 0 Å². The molecule has 0 saturated carbocycles. The number of aromatic nitrogens is 2. The zero-order valence-electron chi connectivity index (χ0n) is 10.1. The number of nitrogens with one attached hydrogen (secondary N) is 2. The van der Waals surface area contributed by atoms with Crippen LogP contribution in [0.15, 0.2) is 6.07 Å². The lowest BCUT2D eigenvalue weighted by Crippen LogP contribution is -2.36. The molecule has 8 nitrogen and oxygen atoms in total. The van der Waals surface area contributed by atoms with Crippen molar-refractivity contribution in [2.45, 2.75) is 13.0 Å². The fraction of sp³-hybridized carbons (Fsp3) is 0.444. The fourth-order valence-electron chi connectivity index (χ4n) is 1.28. The maximum absolute atomic E-state index is 11.6. The minimum Gasteiger partial charge on any atom is -0.368 e. The molecule has 0 saturated heterocycles. The van der Waals surface area contributed by atoms with Gasteiger partial charge in [0.15, 0.2) is 0 Å². The van der Waals surface area contributed by atoms with E-state index in [0.29, 0.717) is 11.6 Å². The van der Waals surface area contributed by atoms with E-state index in [1.807, 2.05) is 0 Å². The second-order valence-electron chi connectivity index (χ2n) is 3.74. The summed E-state index contributed by atoms with van der Waals surface area (Å²) < 4.78 is 0. The number of nitrogens with zero attached hydrogens (tertiary/aromatic N) is 3. The highest BCUT2D eigenvalue weighted by atomic mass is 16.2. The van der Waals surface area contributed by atoms with E-state index in [4.69, 9.17) is 11.6 Å². The van der Waals surface area contributed by atoms with E-state index in [1.54, 1.807) is 27.1 Å². The number of carbonyl (C=O) groups is 1. The maximum atomic E-state index is 11.6. The van der Waals surface area contributed by atoms with Gasteiger partial charge in [-0.2, -0.15) is 9.97 Å². The van der Waals surface area contributed by atoms with Crippen LogP contribution in [0.2, 0.25) is 0 Å². The van der Waals surface area contributed by atoms with Gasteiger partial charge in [-0.1, -0.05) is 0 Å². The van der Waals surface area contributed by atoms with E-state index < -0.39 is 6.04 Å². The standard InChI is InChI=1S/C9H17N7O/c1-5(8(17)16(2)3)12-6-4-7(15-11)14-9(10)13-6/h4-5H,11H2,1-3H3,(H4,10,12,13,14,15). The van der Waals surface area contributed by atoms with Crippen molar-refractivity contribution in [3.8, 4) is 0 Å². The summed E-state index contributed by atoms with van der Waals surface area (Å²) in [5, 5.41) is 2.92. The molecule has 1 rings (SSSR count). The molecular weight excluding hydrogens is 222 g/mol. The van der Waals surface area contributed by atoms with Crippen molar-refractivity contribution in [1.82, 2.24) is 14.9 Å². The zero-order valence-corrected chi connectivity index (χ0v) is 10.1. The van der Waals surface area contributed by atoms with Crippen LogP contribution in [0.1, 0.15) is 6.92 Å². The Morgan fingerprint density at radius 1 is 1.41 bits per heavy atom. The van der Waals surface area contributed by atoms with Crippen molar-refractivity contribution >= 4 is 23.5 Å². The maximum Gasteiger partial charge on any atom is 0.244 e. The topological polar surface area (TPSA) is 122 Å². The van der Waals surface area contributed by atoms with Gasteiger partial charge < -0.3 is 21.4 Å². The first-order valence-electron chi connectivity index (χ1n) is 5.03. The Morgan fingerprint density at radius 2 is 2.00 bits per heavy atom. The number of likely N-dealkylation sites (N-methyl/N-ethyl adjacent to an activating group) is 1. The summed E-state index contributed by atoms with van der Waals surface area (Å²) in [7, 11) is 3.36. The van der Waals surface area contributed by atoms with Crippen molar-refractivity contribution in [3.63, 3.8) is 0 Å². The molecule has 1 aromatic rings. The van der Waals surface area contributed by atoms with Crippen LogP contribution in [0, 0.1) is 0 Å². The monoisotopic (exact) mass is 239 g/mol. The van der Waals surface area contributed by atoms with Gasteiger partial charge in [0.1, 0.15) is 17.7 Å². The summed E-state index contributed by atoms with van der Waals surface area (Å²) >= 11 is 0. The summed E-state index contributed by atoms with van der Waals surface area (Å²) in [5.74, 6) is 6.06. The van der Waals surface area contributed by atoms with E-state index in [9.17, 15) is 4.79 Å². The lowest BCUT2D eigenvalue weighted by molar-refractivity contribution is -0.129. The molecule has 8 heteroatoms. The number of nitrogens with two attached hydrogens (primary N) is 2. The van der Waals surface area contributed by atoms with Crippen molar-refractivity contribution in [2.75, 3.05) is 30.6 Å². The molecule has 0 aliphatic carbocycles. The van der Waals surface area contributed by atoms with Crippen molar-refractivity contribution in [3.05, 3.63) is 6.07 Å². The Balaban J connectivity index is 2.81. The molecule has 0 fully saturated rings. The predicted octanol–water partition coefficient (Wildman–Crippen LogP) is -0.767. The number of carbonyl (C=O) groups excluding carboxylic acids is 1. The van der Waals surface area contributed by atoms with Gasteiger partial charge in [0, 0.05) is 20.2 Å². The number of amides is 1. The third-order valence-corrected chi connectivity index (χ3v) is 2.07. The molecule has 0 aromatic carbocycles. The number of rotatable bonds is 4. The van der Waals surface area contributed by atoms with Gasteiger partial charge in [-0.3, -0.25) is 4.79 Å². The first-order valence-corrected chi connectivity index (χ1v) is 5.03. The Kier molecular flexibility index (Phi) is 4.05. The predicted molar refractivity (Wildman–Crippen MR) is 66.0 cm³/mol. The zero-order chi connectivity index (χ0) is 13.0. The van der Waals surface area contributed by atoms with Gasteiger partial charge in [0.2, 0.25) is 11.9 Å². The van der Waals surface area contributed by atoms with Crippen LogP contribution >= 0.6 is 0 Å². The second kappa shape index (κ2) is 5.30. The van der Waals surface area contributed by atoms with E-state index in [0.717, 1.165) is 0 Å². The summed E-state index contributed by atoms with van der Waals surface area (Å²) in [6.45, 7) is 1.73. The number of hydrazine groups is 1. The molecule has 17 heavy (non-hydrogen) atoms. The molecule has 0 bridgehead atoms. The van der Waals surface area contributed by atoms with Crippen molar-refractivity contribution in [2.24, 2.45) is 5.84 Å². The first kappa shape index (κ1) is 13.0. The number of hydrogen-bond acceptors (Lipinski definition) is 7. The normalized spacial score (nSPS) is 11.8. The lowest BCUT2D eigenvalue weighted by atomic mass is 10.3. The minimum absolute atomic E-state index is 0.0653. The van der Waals surface area contributed by atoms with Crippen LogP contribution in [0.5, 0.6) is 0 Å². The van der Waals surface area contributed by atoms with Gasteiger partial charge in [0.05, 0.1) is 0 Å². The Labute approximate surface area is 99.4 Å². The molecule has 1 unspecified atom stereocenters. The van der Waals surface area contributed by atoms with Crippen LogP contribution in [0.3, 0.4) is 0 Å². The number of hydrogen-bond donors (Lipinski definition) is 4. The smallest absolute Gasteiger partial charge is 0.244 e. The van der Waals surface area contributed by atoms with Crippen LogP contribution in [-0.2, 0) is 4.79 Å². The van der Waals surface area contributed by atoms with E-state index in [-0.39, 0.29) is 11.9 Å². The SMILES string of the molecule is CC(Nc1cc(NN)nc(N)n1)C(=O)N(C)C. The number of nitrogen functional groups attached to an aromatic ring is 2. The van der Waals surface area contributed by atoms with Gasteiger partial charge in [0.25, 0.3) is 0 Å². The van der Waals surface area contributed by atoms with E-state index in [2.05, 4.69) is 20.7 Å². The Hall–Kier alpha value is -2.09. The largest absolute Gasteiger partial charge is 0.368 e. The van der Waals surface area contributed by atoms with Crippen LogP contribution in [-0.4, -0.2) is 40.9 Å². The van der Waals surface area contributed by atoms with Crippen LogP contribution in [0.25, 0.3) is 0 Å². The molecule has 94 valence electrons. The molecule has 0 aliphatic rings. The molecule has 0 radical (unpaired) electrons. The van der Waals surface area contributed by atoms with Crippen molar-refractivity contribution in [1.29, 1.82) is 0 Å².